The summed E-state index contributed by atoms with van der Waals surface area (Å²) in [6.07, 6.45) is 0. The molecule has 0 amide bonds. The maximum atomic E-state index is 10.5. The Bertz CT molecular complexity index is 780. The van der Waals surface area contributed by atoms with Gasteiger partial charge in [-0.1, -0.05) is 35.9 Å². The first-order chi connectivity index (χ1) is 9.60. The number of hydrogen-bond acceptors (Lipinski definition) is 4. The van der Waals surface area contributed by atoms with Gasteiger partial charge in [0.2, 0.25) is 0 Å². The van der Waals surface area contributed by atoms with Gasteiger partial charge in [-0.3, -0.25) is 9.11 Å². The number of hydrogen-bond donors (Lipinski definition) is 2. The number of rotatable bonds is 2. The van der Waals surface area contributed by atoms with Crippen LogP contribution in [0.3, 0.4) is 0 Å². The predicted octanol–water partition coefficient (Wildman–Crippen LogP) is 1.35. The van der Waals surface area contributed by atoms with Crippen LogP contribution in [0.25, 0.3) is 0 Å². The lowest BCUT2D eigenvalue weighted by atomic mass is 10.2. The molecular weight excluding hydrogens is 332 g/mol. The van der Waals surface area contributed by atoms with Crippen molar-refractivity contribution in [3.63, 3.8) is 0 Å². The van der Waals surface area contributed by atoms with Crippen LogP contribution in [0.2, 0.25) is 0 Å². The average molecular weight is 348 g/mol. The SMILES string of the molecule is Cc1ccc(S(=O)(=O)O)cc1.O.O=S(=O)(O)c1ccccc1. The molecule has 0 atom stereocenters. The van der Waals surface area contributed by atoms with E-state index in [-0.39, 0.29) is 15.3 Å². The average Bonchev–Trinajstić information content (AvgIpc) is 2.39. The monoisotopic (exact) mass is 348 g/mol. The zero-order chi connectivity index (χ0) is 16.1. The fourth-order valence-corrected chi connectivity index (χ4v) is 2.28. The number of aryl methyl sites for hydroxylation is 1. The largest absolute Gasteiger partial charge is 0.412 e. The van der Waals surface area contributed by atoms with Gasteiger partial charge < -0.3 is 5.48 Å². The van der Waals surface area contributed by atoms with Crippen LogP contribution in [0, 0.1) is 6.92 Å². The van der Waals surface area contributed by atoms with Crippen LogP contribution in [0.15, 0.2) is 64.4 Å². The highest BCUT2D eigenvalue weighted by Crippen LogP contribution is 2.08. The molecule has 0 heterocycles. The maximum absolute atomic E-state index is 10.5. The molecule has 9 heteroatoms. The van der Waals surface area contributed by atoms with Crippen molar-refractivity contribution in [2.45, 2.75) is 16.7 Å². The van der Waals surface area contributed by atoms with Crippen molar-refractivity contribution in [2.24, 2.45) is 0 Å². The van der Waals surface area contributed by atoms with E-state index in [9.17, 15) is 16.8 Å². The Kier molecular flexibility index (Phi) is 7.36. The Balaban J connectivity index is 0.000000385. The van der Waals surface area contributed by atoms with E-state index in [1.165, 1.54) is 24.3 Å². The molecule has 7 nitrogen and oxygen atoms in total. The van der Waals surface area contributed by atoms with Crippen molar-refractivity contribution in [2.75, 3.05) is 0 Å². The minimum absolute atomic E-state index is 0. The first-order valence-electron chi connectivity index (χ1n) is 5.67. The van der Waals surface area contributed by atoms with E-state index < -0.39 is 20.2 Å². The van der Waals surface area contributed by atoms with Crippen molar-refractivity contribution in [1.29, 1.82) is 0 Å². The van der Waals surface area contributed by atoms with Gasteiger partial charge in [0.1, 0.15) is 0 Å². The fourth-order valence-electron chi connectivity index (χ4n) is 1.30. The molecule has 0 fully saturated rings. The van der Waals surface area contributed by atoms with Crippen LogP contribution >= 0.6 is 0 Å². The molecule has 0 bridgehead atoms. The predicted molar refractivity (Wildman–Crippen MR) is 80.9 cm³/mol. The second kappa shape index (κ2) is 8.01. The topological polar surface area (TPSA) is 140 Å². The molecule has 0 aliphatic carbocycles. The molecule has 2 rings (SSSR count). The summed E-state index contributed by atoms with van der Waals surface area (Å²) in [5.74, 6) is 0. The summed E-state index contributed by atoms with van der Waals surface area (Å²) in [6, 6.07) is 13.4. The second-order valence-corrected chi connectivity index (χ2v) is 6.92. The Hall–Kier alpha value is -1.78. The van der Waals surface area contributed by atoms with Gasteiger partial charge >= 0.3 is 0 Å². The van der Waals surface area contributed by atoms with Gasteiger partial charge in [0.25, 0.3) is 20.2 Å². The second-order valence-electron chi connectivity index (χ2n) is 4.08. The summed E-state index contributed by atoms with van der Waals surface area (Å²) >= 11 is 0. The Labute approximate surface area is 129 Å². The Morgan fingerprint density at radius 3 is 1.36 bits per heavy atom. The molecule has 0 spiro atoms. The smallest absolute Gasteiger partial charge is 0.294 e. The van der Waals surface area contributed by atoms with Crippen LogP contribution in [0.5, 0.6) is 0 Å². The molecule has 22 heavy (non-hydrogen) atoms. The van der Waals surface area contributed by atoms with Crippen molar-refractivity contribution in [3.05, 3.63) is 60.2 Å². The van der Waals surface area contributed by atoms with Crippen molar-refractivity contribution in [1.82, 2.24) is 0 Å². The minimum Gasteiger partial charge on any atom is -0.412 e. The molecule has 0 aliphatic rings. The van der Waals surface area contributed by atoms with Crippen LogP contribution in [-0.2, 0) is 20.2 Å². The Morgan fingerprint density at radius 2 is 1.05 bits per heavy atom. The third-order valence-electron chi connectivity index (χ3n) is 2.36. The molecule has 0 aliphatic heterocycles. The van der Waals surface area contributed by atoms with Crippen LogP contribution in [-0.4, -0.2) is 31.4 Å². The maximum Gasteiger partial charge on any atom is 0.294 e. The van der Waals surface area contributed by atoms with Gasteiger partial charge in [-0.05, 0) is 31.2 Å². The third kappa shape index (κ3) is 6.78. The van der Waals surface area contributed by atoms with E-state index in [1.807, 2.05) is 6.92 Å². The standard InChI is InChI=1S/C7H8O3S.C6H6O3S.H2O/c1-6-2-4-7(5-3-6)11(8,9)10;7-10(8,9)6-4-2-1-3-5-6;/h2-5H,1H3,(H,8,9,10);1-5H,(H,7,8,9);1H2. The molecular formula is C13H16O7S2. The van der Waals surface area contributed by atoms with Crippen molar-refractivity contribution < 1.29 is 31.4 Å². The highest BCUT2D eigenvalue weighted by atomic mass is 32.2. The van der Waals surface area contributed by atoms with Crippen LogP contribution in [0.1, 0.15) is 5.56 Å². The summed E-state index contributed by atoms with van der Waals surface area (Å²) in [7, 11) is -8.02. The summed E-state index contributed by atoms with van der Waals surface area (Å²) in [4.78, 5) is -0.141. The van der Waals surface area contributed by atoms with Crippen molar-refractivity contribution >= 4 is 20.2 Å². The van der Waals surface area contributed by atoms with E-state index in [4.69, 9.17) is 9.11 Å². The lowest BCUT2D eigenvalue weighted by molar-refractivity contribution is 0.481. The molecule has 4 N–H and O–H groups in total. The van der Waals surface area contributed by atoms with Crippen LogP contribution < -0.4 is 0 Å². The summed E-state index contributed by atoms with van der Waals surface area (Å²) in [5, 5.41) is 0. The quantitative estimate of drug-likeness (QED) is 0.785. The molecule has 2 aromatic rings. The highest BCUT2D eigenvalue weighted by molar-refractivity contribution is 7.86. The molecule has 2 aromatic carbocycles. The van der Waals surface area contributed by atoms with Gasteiger partial charge in [0.15, 0.2) is 0 Å². The van der Waals surface area contributed by atoms with E-state index in [1.54, 1.807) is 30.3 Å². The van der Waals surface area contributed by atoms with Crippen molar-refractivity contribution in [3.8, 4) is 0 Å². The first kappa shape index (κ1) is 20.2. The molecule has 0 radical (unpaired) electrons. The molecule has 0 unspecified atom stereocenters. The summed E-state index contributed by atoms with van der Waals surface area (Å²) in [6.45, 7) is 1.84. The minimum atomic E-state index is -4.02. The first-order valence-corrected chi connectivity index (χ1v) is 8.55. The van der Waals surface area contributed by atoms with E-state index in [0.29, 0.717) is 0 Å². The zero-order valence-electron chi connectivity index (χ0n) is 11.5. The van der Waals surface area contributed by atoms with Gasteiger partial charge in [-0.2, -0.15) is 16.8 Å². The Morgan fingerprint density at radius 1 is 0.682 bits per heavy atom. The number of benzene rings is 2. The lowest BCUT2D eigenvalue weighted by Gasteiger charge is -1.95. The van der Waals surface area contributed by atoms with E-state index in [2.05, 4.69) is 0 Å². The third-order valence-corrected chi connectivity index (χ3v) is 4.10. The molecule has 0 saturated carbocycles. The molecule has 0 saturated heterocycles. The van der Waals surface area contributed by atoms with Crippen LogP contribution in [0.4, 0.5) is 0 Å². The fraction of sp³-hybridized carbons (Fsp3) is 0.0769. The lowest BCUT2D eigenvalue weighted by Crippen LogP contribution is -1.96. The van der Waals surface area contributed by atoms with Gasteiger partial charge in [-0.25, -0.2) is 0 Å². The summed E-state index contributed by atoms with van der Waals surface area (Å²) in [5.41, 5.74) is 0.956. The van der Waals surface area contributed by atoms with Gasteiger partial charge in [0.05, 0.1) is 9.79 Å². The van der Waals surface area contributed by atoms with Gasteiger partial charge in [-0.15, -0.1) is 0 Å². The van der Waals surface area contributed by atoms with Gasteiger partial charge in [0, 0.05) is 0 Å². The molecule has 122 valence electrons. The summed E-state index contributed by atoms with van der Waals surface area (Å²) < 4.78 is 58.8. The molecule has 0 aromatic heterocycles. The normalized spacial score (nSPS) is 10.9. The zero-order valence-corrected chi connectivity index (χ0v) is 13.2. The van der Waals surface area contributed by atoms with E-state index >= 15 is 0 Å². The highest BCUT2D eigenvalue weighted by Gasteiger charge is 2.07. The van der Waals surface area contributed by atoms with E-state index in [0.717, 1.165) is 5.56 Å².